The van der Waals surface area contributed by atoms with Crippen molar-refractivity contribution in [3.63, 3.8) is 0 Å². The molecule has 0 saturated heterocycles. The van der Waals surface area contributed by atoms with Crippen LogP contribution in [0.3, 0.4) is 0 Å². The van der Waals surface area contributed by atoms with Gasteiger partial charge in [-0.1, -0.05) is 32.4 Å². The van der Waals surface area contributed by atoms with Crippen molar-refractivity contribution in [1.82, 2.24) is 4.72 Å². The standard InChI is InChI=1S/C13H16N2O4S/c1-3-8(2)11(13(16)17)14-12-9-6-4-5-7-10(9)20(18,19)15-12/h4-8,11H,3H2,1-2H3,(H,14,15)(H,16,17)/t8?,11-/m0/s1. The third kappa shape index (κ3) is 2.53. The Balaban J connectivity index is 2.49. The van der Waals surface area contributed by atoms with E-state index in [1.165, 1.54) is 6.07 Å². The van der Waals surface area contributed by atoms with Crippen molar-refractivity contribution in [2.24, 2.45) is 10.9 Å². The van der Waals surface area contributed by atoms with Gasteiger partial charge in [-0.2, -0.15) is 0 Å². The molecule has 0 amide bonds. The molecule has 0 aliphatic carbocycles. The fourth-order valence-corrected chi connectivity index (χ4v) is 3.26. The lowest BCUT2D eigenvalue weighted by Gasteiger charge is -2.15. The Morgan fingerprint density at radius 1 is 1.40 bits per heavy atom. The molecule has 1 aromatic rings. The Kier molecular flexibility index (Phi) is 3.80. The average Bonchev–Trinajstić information content (AvgIpc) is 2.67. The molecule has 1 heterocycles. The maximum Gasteiger partial charge on any atom is 0.328 e. The number of aliphatic carboxylic acids is 1. The molecule has 0 bridgehead atoms. The molecular formula is C13H16N2O4S. The zero-order valence-corrected chi connectivity index (χ0v) is 12.0. The van der Waals surface area contributed by atoms with Crippen LogP contribution < -0.4 is 4.72 Å². The largest absolute Gasteiger partial charge is 0.480 e. The zero-order chi connectivity index (χ0) is 14.9. The van der Waals surface area contributed by atoms with Gasteiger partial charge < -0.3 is 5.11 Å². The summed E-state index contributed by atoms with van der Waals surface area (Å²) in [6.07, 6.45) is 0.641. The van der Waals surface area contributed by atoms with Gasteiger partial charge in [0.25, 0.3) is 10.0 Å². The molecule has 0 radical (unpaired) electrons. The van der Waals surface area contributed by atoms with E-state index in [1.807, 2.05) is 6.92 Å². The minimum absolute atomic E-state index is 0.105. The fourth-order valence-electron chi connectivity index (χ4n) is 2.02. The molecule has 2 atom stereocenters. The number of carbonyl (C=O) groups is 1. The van der Waals surface area contributed by atoms with Crippen LogP contribution in [-0.4, -0.2) is 31.4 Å². The summed E-state index contributed by atoms with van der Waals surface area (Å²) in [7, 11) is -3.63. The van der Waals surface area contributed by atoms with Gasteiger partial charge in [-0.3, -0.25) is 9.71 Å². The Morgan fingerprint density at radius 3 is 2.65 bits per heavy atom. The molecule has 1 aromatic carbocycles. The van der Waals surface area contributed by atoms with E-state index in [9.17, 15) is 18.3 Å². The monoisotopic (exact) mass is 296 g/mol. The topological polar surface area (TPSA) is 95.8 Å². The van der Waals surface area contributed by atoms with E-state index in [2.05, 4.69) is 9.71 Å². The van der Waals surface area contributed by atoms with Gasteiger partial charge in [-0.15, -0.1) is 0 Å². The number of nitrogens with one attached hydrogen (secondary N) is 1. The fraction of sp³-hybridized carbons (Fsp3) is 0.385. The molecule has 0 spiro atoms. The number of fused-ring (bicyclic) bond motifs is 1. The van der Waals surface area contributed by atoms with Crippen molar-refractivity contribution in [2.45, 2.75) is 31.2 Å². The van der Waals surface area contributed by atoms with Crippen LogP contribution in [0.5, 0.6) is 0 Å². The summed E-state index contributed by atoms with van der Waals surface area (Å²) < 4.78 is 26.1. The first kappa shape index (κ1) is 14.5. The summed E-state index contributed by atoms with van der Waals surface area (Å²) in [5.74, 6) is -1.14. The molecule has 1 aliphatic rings. The van der Waals surface area contributed by atoms with Gasteiger partial charge in [0.2, 0.25) is 0 Å². The summed E-state index contributed by atoms with van der Waals surface area (Å²) in [6.45, 7) is 3.64. The highest BCUT2D eigenvalue weighted by Crippen LogP contribution is 2.23. The third-order valence-electron chi connectivity index (χ3n) is 3.37. The lowest BCUT2D eigenvalue weighted by molar-refractivity contribution is -0.139. The number of carboxylic acids is 1. The molecule has 7 heteroatoms. The molecule has 1 aliphatic heterocycles. The van der Waals surface area contributed by atoms with E-state index >= 15 is 0 Å². The van der Waals surface area contributed by atoms with Crippen LogP contribution >= 0.6 is 0 Å². The van der Waals surface area contributed by atoms with E-state index in [0.717, 1.165) is 0 Å². The van der Waals surface area contributed by atoms with Crippen molar-refractivity contribution in [1.29, 1.82) is 0 Å². The molecule has 20 heavy (non-hydrogen) atoms. The van der Waals surface area contributed by atoms with Crippen LogP contribution in [0, 0.1) is 5.92 Å². The molecule has 108 valence electrons. The number of aliphatic imine (C=N–C) groups is 1. The first-order valence-electron chi connectivity index (χ1n) is 6.29. The SMILES string of the molecule is CCC(C)[C@H](N=C1NS(=O)(=O)c2ccccc21)C(=O)O. The van der Waals surface area contributed by atoms with E-state index in [-0.39, 0.29) is 16.6 Å². The molecule has 0 aromatic heterocycles. The first-order chi connectivity index (χ1) is 9.36. The van der Waals surface area contributed by atoms with Gasteiger partial charge in [0.05, 0.1) is 4.90 Å². The summed E-state index contributed by atoms with van der Waals surface area (Å²) in [5.41, 5.74) is 0.419. The summed E-state index contributed by atoms with van der Waals surface area (Å²) in [6, 6.07) is 5.42. The van der Waals surface area contributed by atoms with Crippen LogP contribution in [0.4, 0.5) is 0 Å². The number of carboxylic acid groups (broad SMARTS) is 1. The van der Waals surface area contributed by atoms with Crippen LogP contribution in [0.2, 0.25) is 0 Å². The smallest absolute Gasteiger partial charge is 0.328 e. The number of nitrogens with zero attached hydrogens (tertiary/aromatic N) is 1. The van der Waals surface area contributed by atoms with Gasteiger partial charge >= 0.3 is 5.97 Å². The van der Waals surface area contributed by atoms with E-state index < -0.39 is 22.0 Å². The normalized spacial score (nSPS) is 21.0. The van der Waals surface area contributed by atoms with Crippen molar-refractivity contribution in [3.05, 3.63) is 29.8 Å². The minimum atomic E-state index is -3.63. The summed E-state index contributed by atoms with van der Waals surface area (Å²) >= 11 is 0. The second kappa shape index (κ2) is 5.24. The minimum Gasteiger partial charge on any atom is -0.480 e. The zero-order valence-electron chi connectivity index (χ0n) is 11.2. The second-order valence-corrected chi connectivity index (χ2v) is 6.40. The summed E-state index contributed by atoms with van der Waals surface area (Å²) in [5, 5.41) is 9.23. The first-order valence-corrected chi connectivity index (χ1v) is 7.78. The Hall–Kier alpha value is -1.89. The van der Waals surface area contributed by atoms with Gasteiger partial charge in [0.1, 0.15) is 5.84 Å². The highest BCUT2D eigenvalue weighted by molar-refractivity contribution is 7.90. The highest BCUT2D eigenvalue weighted by Gasteiger charge is 2.32. The lowest BCUT2D eigenvalue weighted by Crippen LogP contribution is -2.30. The predicted molar refractivity (Wildman–Crippen MR) is 74.2 cm³/mol. The van der Waals surface area contributed by atoms with Gasteiger partial charge in [0, 0.05) is 5.56 Å². The second-order valence-electron chi connectivity index (χ2n) is 4.75. The van der Waals surface area contributed by atoms with Crippen molar-refractivity contribution >= 4 is 21.8 Å². The third-order valence-corrected chi connectivity index (χ3v) is 4.76. The number of amidine groups is 1. The molecule has 0 saturated carbocycles. The van der Waals surface area contributed by atoms with E-state index in [0.29, 0.717) is 12.0 Å². The number of rotatable bonds is 4. The Morgan fingerprint density at radius 2 is 2.05 bits per heavy atom. The van der Waals surface area contributed by atoms with Gasteiger partial charge in [-0.25, -0.2) is 13.2 Å². The maximum absolute atomic E-state index is 11.9. The number of benzene rings is 1. The van der Waals surface area contributed by atoms with E-state index in [4.69, 9.17) is 0 Å². The van der Waals surface area contributed by atoms with Crippen LogP contribution in [0.25, 0.3) is 0 Å². The van der Waals surface area contributed by atoms with Crippen molar-refractivity contribution in [3.8, 4) is 0 Å². The van der Waals surface area contributed by atoms with Crippen LogP contribution in [0.1, 0.15) is 25.8 Å². The lowest BCUT2D eigenvalue weighted by atomic mass is 10.00. The van der Waals surface area contributed by atoms with Gasteiger partial charge in [0.15, 0.2) is 6.04 Å². The molecule has 2 rings (SSSR count). The van der Waals surface area contributed by atoms with Crippen LogP contribution in [0.15, 0.2) is 34.2 Å². The maximum atomic E-state index is 11.9. The van der Waals surface area contributed by atoms with Crippen molar-refractivity contribution < 1.29 is 18.3 Å². The number of hydrogen-bond acceptors (Lipinski definition) is 4. The number of hydrogen-bond donors (Lipinski definition) is 2. The van der Waals surface area contributed by atoms with Crippen molar-refractivity contribution in [2.75, 3.05) is 0 Å². The van der Waals surface area contributed by atoms with E-state index in [1.54, 1.807) is 25.1 Å². The predicted octanol–water partition coefficient (Wildman–Crippen LogP) is 1.22. The summed E-state index contributed by atoms with van der Waals surface area (Å²) in [4.78, 5) is 15.5. The van der Waals surface area contributed by atoms with Gasteiger partial charge in [-0.05, 0) is 18.1 Å². The highest BCUT2D eigenvalue weighted by atomic mass is 32.2. The number of sulfonamides is 1. The average molecular weight is 296 g/mol. The molecular weight excluding hydrogens is 280 g/mol. The molecule has 1 unspecified atom stereocenters. The Labute approximate surface area is 117 Å². The molecule has 0 fully saturated rings. The quantitative estimate of drug-likeness (QED) is 0.873. The molecule has 6 nitrogen and oxygen atoms in total. The Bertz CT molecular complexity index is 667. The van der Waals surface area contributed by atoms with Crippen LogP contribution in [-0.2, 0) is 14.8 Å². The molecule has 2 N–H and O–H groups in total.